The van der Waals surface area contributed by atoms with Crippen molar-refractivity contribution in [1.29, 1.82) is 0 Å². The molecular formula is C24H34N2O4S. The Morgan fingerprint density at radius 1 is 1.03 bits per heavy atom. The lowest BCUT2D eigenvalue weighted by atomic mass is 9.87. The van der Waals surface area contributed by atoms with Crippen molar-refractivity contribution in [3.05, 3.63) is 53.1 Å². The van der Waals surface area contributed by atoms with Crippen molar-refractivity contribution in [3.63, 3.8) is 0 Å². The Balaban J connectivity index is 2.20. The lowest BCUT2D eigenvalue weighted by molar-refractivity contribution is 0.272. The van der Waals surface area contributed by atoms with Gasteiger partial charge in [0.1, 0.15) is 0 Å². The zero-order valence-electron chi connectivity index (χ0n) is 19.4. The van der Waals surface area contributed by atoms with Gasteiger partial charge >= 0.3 is 0 Å². The Hall–Kier alpha value is -2.54. The van der Waals surface area contributed by atoms with Crippen molar-refractivity contribution in [1.82, 2.24) is 4.83 Å². The molecule has 0 amide bonds. The molecule has 0 aromatic heterocycles. The maximum Gasteiger partial charge on any atom is 0.276 e. The first kappa shape index (κ1) is 24.7. The summed E-state index contributed by atoms with van der Waals surface area (Å²) in [5.41, 5.74) is 2.16. The third-order valence-electron chi connectivity index (χ3n) is 4.75. The largest absolute Gasteiger partial charge is 0.490 e. The van der Waals surface area contributed by atoms with Gasteiger partial charge in [0, 0.05) is 0 Å². The maximum atomic E-state index is 12.8. The predicted octanol–water partition coefficient (Wildman–Crippen LogP) is 5.18. The monoisotopic (exact) mass is 446 g/mol. The van der Waals surface area contributed by atoms with Crippen LogP contribution in [0.4, 0.5) is 0 Å². The molecule has 0 atom stereocenters. The Morgan fingerprint density at radius 3 is 2.42 bits per heavy atom. The van der Waals surface area contributed by atoms with E-state index < -0.39 is 10.0 Å². The van der Waals surface area contributed by atoms with E-state index in [0.29, 0.717) is 35.8 Å². The molecule has 2 aromatic carbocycles. The molecule has 2 aromatic rings. The summed E-state index contributed by atoms with van der Waals surface area (Å²) in [6, 6.07) is 10.9. The second kappa shape index (κ2) is 10.7. The summed E-state index contributed by atoms with van der Waals surface area (Å²) < 4.78 is 37.1. The molecule has 0 unspecified atom stereocenters. The third-order valence-corrected chi connectivity index (χ3v) is 6.12. The van der Waals surface area contributed by atoms with E-state index in [0.717, 1.165) is 18.4 Å². The van der Waals surface area contributed by atoms with Crippen molar-refractivity contribution in [2.45, 2.75) is 64.7 Å². The van der Waals surface area contributed by atoms with Crippen LogP contribution in [0.3, 0.4) is 0 Å². The van der Waals surface area contributed by atoms with Gasteiger partial charge in [-0.1, -0.05) is 46.2 Å². The number of nitrogens with zero attached hydrogens (tertiary/aromatic N) is 1. The van der Waals surface area contributed by atoms with Crippen LogP contribution in [0.25, 0.3) is 0 Å². The number of ether oxygens (including phenoxy) is 2. The second-order valence-corrected chi connectivity index (χ2v) is 10.1. The molecule has 0 saturated carbocycles. The van der Waals surface area contributed by atoms with Crippen molar-refractivity contribution < 1.29 is 17.9 Å². The van der Waals surface area contributed by atoms with Crippen LogP contribution in [-0.4, -0.2) is 27.8 Å². The van der Waals surface area contributed by atoms with Gasteiger partial charge in [-0.2, -0.15) is 13.5 Å². The maximum absolute atomic E-state index is 12.8. The van der Waals surface area contributed by atoms with E-state index in [9.17, 15) is 8.42 Å². The predicted molar refractivity (Wildman–Crippen MR) is 126 cm³/mol. The van der Waals surface area contributed by atoms with Crippen molar-refractivity contribution in [3.8, 4) is 11.5 Å². The highest BCUT2D eigenvalue weighted by Gasteiger charge is 2.21. The zero-order chi connectivity index (χ0) is 23.1. The van der Waals surface area contributed by atoms with Crippen LogP contribution in [-0.2, 0) is 15.4 Å². The lowest BCUT2D eigenvalue weighted by Crippen LogP contribution is -2.21. The molecule has 170 valence electrons. The summed E-state index contributed by atoms with van der Waals surface area (Å²) in [6.07, 6.45) is 3.47. The topological polar surface area (TPSA) is 77.0 Å². The van der Waals surface area contributed by atoms with Crippen LogP contribution in [0.2, 0.25) is 0 Å². The first-order valence-corrected chi connectivity index (χ1v) is 12.1. The minimum atomic E-state index is -3.79. The Labute approximate surface area is 186 Å². The number of nitrogens with one attached hydrogen (secondary N) is 1. The summed E-state index contributed by atoms with van der Waals surface area (Å²) in [7, 11) is -3.79. The fraction of sp³-hybridized carbons (Fsp3) is 0.458. The molecule has 2 rings (SSSR count). The highest BCUT2D eigenvalue weighted by atomic mass is 32.2. The molecule has 0 heterocycles. The molecule has 0 fully saturated rings. The molecule has 31 heavy (non-hydrogen) atoms. The van der Waals surface area contributed by atoms with E-state index in [1.165, 1.54) is 6.21 Å². The molecule has 0 spiro atoms. The first-order valence-electron chi connectivity index (χ1n) is 10.6. The standard InChI is InChI=1S/C24H34N2O4S/c1-7-9-14-30-21-13-11-19(15-22(21)29-8-2)17-25-26-31(27,28)23-16-20(24(4,5)6)12-10-18(23)3/h10-13,15-17,26H,7-9,14H2,1-6H3/b25-17+. The van der Waals surface area contributed by atoms with Crippen LogP contribution in [0.1, 0.15) is 64.2 Å². The average Bonchev–Trinajstić information content (AvgIpc) is 2.69. The van der Waals surface area contributed by atoms with Gasteiger partial charge in [-0.25, -0.2) is 4.83 Å². The van der Waals surface area contributed by atoms with Crippen LogP contribution in [0.5, 0.6) is 11.5 Å². The first-order chi connectivity index (χ1) is 14.6. The molecule has 1 N–H and O–H groups in total. The van der Waals surface area contributed by atoms with Gasteiger partial charge in [0.2, 0.25) is 0 Å². The third kappa shape index (κ3) is 6.99. The normalized spacial score (nSPS) is 12.2. The van der Waals surface area contributed by atoms with E-state index in [4.69, 9.17) is 9.47 Å². The fourth-order valence-electron chi connectivity index (χ4n) is 2.89. The van der Waals surface area contributed by atoms with Crippen LogP contribution in [0, 0.1) is 6.92 Å². The van der Waals surface area contributed by atoms with E-state index in [1.54, 1.807) is 19.1 Å². The Kier molecular flexibility index (Phi) is 8.51. The minimum absolute atomic E-state index is 0.155. The van der Waals surface area contributed by atoms with E-state index in [-0.39, 0.29) is 10.3 Å². The van der Waals surface area contributed by atoms with Gasteiger partial charge < -0.3 is 9.47 Å². The molecule has 6 nitrogen and oxygen atoms in total. The molecule has 0 saturated heterocycles. The number of hydrazone groups is 1. The lowest BCUT2D eigenvalue weighted by Gasteiger charge is -2.20. The molecule has 0 bridgehead atoms. The number of unbranched alkanes of at least 4 members (excludes halogenated alkanes) is 1. The number of aryl methyl sites for hydroxylation is 1. The van der Waals surface area contributed by atoms with Gasteiger partial charge in [0.25, 0.3) is 10.0 Å². The highest BCUT2D eigenvalue weighted by Crippen LogP contribution is 2.29. The molecule has 0 aliphatic heterocycles. The number of sulfonamides is 1. The summed E-state index contributed by atoms with van der Waals surface area (Å²) in [4.78, 5) is 2.55. The quantitative estimate of drug-likeness (QED) is 0.310. The van der Waals surface area contributed by atoms with E-state index in [1.807, 2.05) is 52.0 Å². The van der Waals surface area contributed by atoms with Gasteiger partial charge in [-0.05, 0) is 66.6 Å². The van der Waals surface area contributed by atoms with Crippen LogP contribution >= 0.6 is 0 Å². The molecule has 0 aliphatic carbocycles. The zero-order valence-corrected chi connectivity index (χ0v) is 20.2. The van der Waals surface area contributed by atoms with Crippen molar-refractivity contribution in [2.75, 3.05) is 13.2 Å². The molecule has 0 aliphatic rings. The van der Waals surface area contributed by atoms with Crippen LogP contribution < -0.4 is 14.3 Å². The summed E-state index contributed by atoms with van der Waals surface area (Å²) >= 11 is 0. The smallest absolute Gasteiger partial charge is 0.276 e. The molecular weight excluding hydrogens is 412 g/mol. The van der Waals surface area contributed by atoms with Gasteiger partial charge in [0.05, 0.1) is 24.3 Å². The summed E-state index contributed by atoms with van der Waals surface area (Å²) in [5, 5.41) is 3.97. The summed E-state index contributed by atoms with van der Waals surface area (Å²) in [5.74, 6) is 1.28. The van der Waals surface area contributed by atoms with Gasteiger partial charge in [-0.3, -0.25) is 0 Å². The summed E-state index contributed by atoms with van der Waals surface area (Å²) in [6.45, 7) is 13.0. The number of rotatable bonds is 10. The minimum Gasteiger partial charge on any atom is -0.490 e. The van der Waals surface area contributed by atoms with Crippen molar-refractivity contribution in [2.24, 2.45) is 5.10 Å². The highest BCUT2D eigenvalue weighted by molar-refractivity contribution is 7.89. The average molecular weight is 447 g/mol. The Bertz CT molecular complexity index is 1010. The Morgan fingerprint density at radius 2 is 1.77 bits per heavy atom. The van der Waals surface area contributed by atoms with E-state index >= 15 is 0 Å². The number of hydrogen-bond acceptors (Lipinski definition) is 5. The molecule has 0 radical (unpaired) electrons. The van der Waals surface area contributed by atoms with Gasteiger partial charge in [0.15, 0.2) is 11.5 Å². The fourth-order valence-corrected chi connectivity index (χ4v) is 3.96. The SMILES string of the molecule is CCCCOc1ccc(/C=N/NS(=O)(=O)c2cc(C(C)(C)C)ccc2C)cc1OCC. The number of benzene rings is 2. The van der Waals surface area contributed by atoms with Crippen molar-refractivity contribution >= 4 is 16.2 Å². The van der Waals surface area contributed by atoms with Crippen LogP contribution in [0.15, 0.2) is 46.4 Å². The number of hydrogen-bond donors (Lipinski definition) is 1. The second-order valence-electron chi connectivity index (χ2n) is 8.42. The van der Waals surface area contributed by atoms with E-state index in [2.05, 4.69) is 16.9 Å². The van der Waals surface area contributed by atoms with Gasteiger partial charge in [-0.15, -0.1) is 0 Å². The molecule has 7 heteroatoms.